The van der Waals surface area contributed by atoms with E-state index in [0.717, 1.165) is 0 Å². The molecule has 5 heteroatoms. The highest BCUT2D eigenvalue weighted by Crippen LogP contribution is 1.65. The van der Waals surface area contributed by atoms with Gasteiger partial charge in [0.2, 0.25) is 0 Å². The van der Waals surface area contributed by atoms with E-state index in [1.807, 2.05) is 0 Å². The van der Waals surface area contributed by atoms with E-state index in [1.165, 1.54) is 12.5 Å². The van der Waals surface area contributed by atoms with Gasteiger partial charge >= 0.3 is 0 Å². The van der Waals surface area contributed by atoms with Gasteiger partial charge in [-0.15, -0.1) is 0 Å². The molecule has 0 radical (unpaired) electrons. The minimum Gasteiger partial charge on any atom is -0.474 e. The Bertz CT molecular complexity index is 124. The molecule has 0 atom stereocenters. The number of hydrogen-bond donors (Lipinski definition) is 2. The normalized spacial score (nSPS) is 6.89. The lowest BCUT2D eigenvalue weighted by Crippen LogP contribution is -1.58. The second-order valence-corrected chi connectivity index (χ2v) is 1.18. The van der Waals surface area contributed by atoms with Crippen molar-refractivity contribution < 1.29 is 17.7 Å². The van der Waals surface area contributed by atoms with Crippen LogP contribution in [0.15, 0.2) is 25.7 Å². The first-order valence-corrected chi connectivity index (χ1v) is 2.98. The first-order chi connectivity index (χ1) is 4.15. The van der Waals surface area contributed by atoms with Gasteiger partial charge < -0.3 is 4.74 Å². The Morgan fingerprint density at radius 2 is 1.56 bits per heavy atom. The molecule has 54 valence electrons. The molecule has 0 aliphatic carbocycles. The van der Waals surface area contributed by atoms with Gasteiger partial charge in [0.25, 0.3) is 11.0 Å². The molecule has 9 heavy (non-hydrogen) atoms. The molecule has 0 saturated carbocycles. The molecule has 0 aromatic carbocycles. The summed E-state index contributed by atoms with van der Waals surface area (Å²) >= 11 is 0. The second kappa shape index (κ2) is 10.2. The number of ether oxygens (including phenoxy) is 1. The largest absolute Gasteiger partial charge is 0.474 e. The van der Waals surface area contributed by atoms with Crippen molar-refractivity contribution >= 4 is 11.0 Å². The van der Waals surface area contributed by atoms with Gasteiger partial charge in [-0.3, -0.25) is 4.55 Å². The molecule has 0 saturated heterocycles. The molecule has 0 spiro atoms. The summed E-state index contributed by atoms with van der Waals surface area (Å²) in [4.78, 5) is 0. The predicted molar refractivity (Wildman–Crippen MR) is 34.4 cm³/mol. The first-order valence-electron chi connectivity index (χ1n) is 1.85. The zero-order chi connectivity index (χ0) is 7.70. The van der Waals surface area contributed by atoms with Crippen LogP contribution in [0.5, 0.6) is 0 Å². The fourth-order valence-corrected chi connectivity index (χ4v) is 0.0680. The summed E-state index contributed by atoms with van der Waals surface area (Å²) in [5.41, 5.74) is 0. The molecule has 0 unspecified atom stereocenters. The molecule has 0 aliphatic rings. The van der Waals surface area contributed by atoms with Crippen LogP contribution in [0.2, 0.25) is 0 Å². The van der Waals surface area contributed by atoms with E-state index < -0.39 is 11.0 Å². The van der Waals surface area contributed by atoms with Gasteiger partial charge in [0.05, 0.1) is 12.5 Å². The number of rotatable bonds is 2. The second-order valence-electron chi connectivity index (χ2n) is 0.707. The lowest BCUT2D eigenvalue weighted by atomic mass is 11.1. The monoisotopic (exact) mass is 152 g/mol. The zero-order valence-corrected chi connectivity index (χ0v) is 5.58. The summed E-state index contributed by atoms with van der Waals surface area (Å²) in [6.45, 7) is 6.51. The summed E-state index contributed by atoms with van der Waals surface area (Å²) in [6.07, 6.45) is 2.62. The third kappa shape index (κ3) is 137. The highest BCUT2D eigenvalue weighted by atomic mass is 32.2. The van der Waals surface area contributed by atoms with Crippen molar-refractivity contribution in [1.82, 2.24) is 0 Å². The standard InChI is InChI=1S/C4H6O.H2O3S/c1-3-5-4-2;1-4(2)3/h3-4H,1-2H2;4H,(H,1,2,3). The first kappa shape index (κ1) is 11.0. The van der Waals surface area contributed by atoms with E-state index in [9.17, 15) is 0 Å². The maximum Gasteiger partial charge on any atom is 0.254 e. The molecule has 0 aromatic heterocycles. The van der Waals surface area contributed by atoms with Crippen LogP contribution in [-0.4, -0.2) is 13.0 Å². The lowest BCUT2D eigenvalue weighted by Gasteiger charge is -1.76. The smallest absolute Gasteiger partial charge is 0.254 e. The third-order valence-corrected chi connectivity index (χ3v) is 0.192. The van der Waals surface area contributed by atoms with Crippen molar-refractivity contribution in [3.05, 3.63) is 25.7 Å². The van der Waals surface area contributed by atoms with E-state index in [4.69, 9.17) is 13.0 Å². The molecular weight excluding hydrogens is 144 g/mol. The van der Waals surface area contributed by atoms with Gasteiger partial charge in [-0.05, 0) is 0 Å². The minimum absolute atomic E-state index is 1.31. The van der Waals surface area contributed by atoms with Gasteiger partial charge in [0.1, 0.15) is 0 Å². The number of thiol groups is 1. The molecule has 0 fully saturated rings. The third-order valence-electron chi connectivity index (χ3n) is 0.192. The van der Waals surface area contributed by atoms with E-state index in [1.54, 1.807) is 0 Å². The topological polar surface area (TPSA) is 63.6 Å². The predicted octanol–water partition coefficient (Wildman–Crippen LogP) is 0.361. The molecule has 0 heterocycles. The van der Waals surface area contributed by atoms with Gasteiger partial charge in [-0.2, -0.15) is 0 Å². The van der Waals surface area contributed by atoms with Crippen molar-refractivity contribution in [2.45, 2.75) is 0 Å². The van der Waals surface area contributed by atoms with Crippen LogP contribution in [0.1, 0.15) is 0 Å². The molecule has 0 bridgehead atoms. The van der Waals surface area contributed by atoms with Crippen LogP contribution >= 0.6 is 0 Å². The molecule has 4 nitrogen and oxygen atoms in total. The maximum atomic E-state index is 8.59. The average Bonchev–Trinajstić information content (AvgIpc) is 1.66. The lowest BCUT2D eigenvalue weighted by molar-refractivity contribution is 0.406. The van der Waals surface area contributed by atoms with Crippen molar-refractivity contribution in [3.8, 4) is 0 Å². The van der Waals surface area contributed by atoms with Crippen LogP contribution < -0.4 is 0 Å². The molecule has 0 aliphatic heterocycles. The zero-order valence-electron chi connectivity index (χ0n) is 4.69. The van der Waals surface area contributed by atoms with Crippen LogP contribution in [0.3, 0.4) is 0 Å². The molecule has 0 amide bonds. The summed E-state index contributed by atoms with van der Waals surface area (Å²) < 4.78 is 28.6. The summed E-state index contributed by atoms with van der Waals surface area (Å²) in [6, 6.07) is 0. The molecule has 1 N–H and O–H groups in total. The summed E-state index contributed by atoms with van der Waals surface area (Å²) in [5, 5.41) is 0. The Balaban J connectivity index is 0. The fourth-order valence-electron chi connectivity index (χ4n) is 0.0680. The van der Waals surface area contributed by atoms with Crippen molar-refractivity contribution in [1.29, 1.82) is 0 Å². The summed E-state index contributed by atoms with van der Waals surface area (Å²) in [7, 11) is -3.12. The minimum atomic E-state index is -3.12. The van der Waals surface area contributed by atoms with Crippen molar-refractivity contribution in [2.75, 3.05) is 0 Å². The Morgan fingerprint density at radius 3 is 1.56 bits per heavy atom. The highest BCUT2D eigenvalue weighted by molar-refractivity contribution is 7.66. The number of hydrogen-bond acceptors (Lipinski definition) is 3. The van der Waals surface area contributed by atoms with Crippen LogP contribution in [0.25, 0.3) is 0 Å². The van der Waals surface area contributed by atoms with E-state index in [0.29, 0.717) is 0 Å². The Morgan fingerprint density at radius 1 is 1.33 bits per heavy atom. The van der Waals surface area contributed by atoms with E-state index in [-0.39, 0.29) is 0 Å². The average molecular weight is 152 g/mol. The van der Waals surface area contributed by atoms with Gasteiger partial charge in [0.15, 0.2) is 0 Å². The van der Waals surface area contributed by atoms with Gasteiger partial charge in [-0.1, -0.05) is 13.2 Å². The van der Waals surface area contributed by atoms with Crippen LogP contribution in [0.4, 0.5) is 0 Å². The highest BCUT2D eigenvalue weighted by Gasteiger charge is 1.45. The summed E-state index contributed by atoms with van der Waals surface area (Å²) in [5.74, 6) is 0. The molecule has 0 aromatic rings. The van der Waals surface area contributed by atoms with E-state index >= 15 is 0 Å². The van der Waals surface area contributed by atoms with Crippen molar-refractivity contribution in [3.63, 3.8) is 0 Å². The molecule has 0 rings (SSSR count). The molecular formula is C4H8O4S. The van der Waals surface area contributed by atoms with Crippen molar-refractivity contribution in [2.24, 2.45) is 0 Å². The van der Waals surface area contributed by atoms with Crippen LogP contribution in [-0.2, 0) is 15.7 Å². The Labute approximate surface area is 55.2 Å². The van der Waals surface area contributed by atoms with Gasteiger partial charge in [0, 0.05) is 0 Å². The fraction of sp³-hybridized carbons (Fsp3) is 0. The van der Waals surface area contributed by atoms with Gasteiger partial charge in [-0.25, -0.2) is 8.42 Å². The Hall–Kier alpha value is -0.810. The maximum absolute atomic E-state index is 8.59. The van der Waals surface area contributed by atoms with E-state index in [2.05, 4.69) is 17.9 Å². The Kier molecular flexibility index (Phi) is 12.6. The quantitative estimate of drug-likeness (QED) is 0.340. The van der Waals surface area contributed by atoms with Crippen LogP contribution in [0, 0.1) is 0 Å². The SMILES string of the molecule is C=COC=C.O=[SH](=O)O.